The lowest BCUT2D eigenvalue weighted by Gasteiger charge is -2.07. The zero-order valence-corrected chi connectivity index (χ0v) is 13.3. The average Bonchev–Trinajstić information content (AvgIpc) is 3.15. The molecule has 0 bridgehead atoms. The molecule has 2 aromatic heterocycles. The fourth-order valence-corrected chi connectivity index (χ4v) is 2.60. The third-order valence-electron chi connectivity index (χ3n) is 3.89. The standard InChI is InChI=1S/C17H20FN5/c1-13-17(12-19-9-11-22-10-3-8-20-22)14(2)23(21-13)16-6-4-15(18)5-7-16/h3-8,10,19H,9,11-12H2,1-2H3. The van der Waals surface area contributed by atoms with E-state index < -0.39 is 0 Å². The Kier molecular flexibility index (Phi) is 4.52. The van der Waals surface area contributed by atoms with Crippen LogP contribution >= 0.6 is 0 Å². The fraction of sp³-hybridized carbons (Fsp3) is 0.294. The number of aromatic nitrogens is 4. The minimum Gasteiger partial charge on any atom is -0.311 e. The summed E-state index contributed by atoms with van der Waals surface area (Å²) >= 11 is 0. The second-order valence-corrected chi connectivity index (χ2v) is 5.48. The molecule has 3 aromatic rings. The summed E-state index contributed by atoms with van der Waals surface area (Å²) in [7, 11) is 0. The smallest absolute Gasteiger partial charge is 0.123 e. The van der Waals surface area contributed by atoms with Crippen LogP contribution in [-0.2, 0) is 13.1 Å². The minimum atomic E-state index is -0.240. The number of halogens is 1. The van der Waals surface area contributed by atoms with Crippen LogP contribution in [0.2, 0.25) is 0 Å². The maximum Gasteiger partial charge on any atom is 0.123 e. The number of benzene rings is 1. The largest absolute Gasteiger partial charge is 0.311 e. The normalized spacial score (nSPS) is 11.1. The molecule has 2 heterocycles. The van der Waals surface area contributed by atoms with Gasteiger partial charge in [0.15, 0.2) is 0 Å². The van der Waals surface area contributed by atoms with Crippen LogP contribution in [0.4, 0.5) is 4.39 Å². The van der Waals surface area contributed by atoms with Crippen molar-refractivity contribution in [3.63, 3.8) is 0 Å². The molecule has 1 N–H and O–H groups in total. The van der Waals surface area contributed by atoms with Gasteiger partial charge in [0.2, 0.25) is 0 Å². The summed E-state index contributed by atoms with van der Waals surface area (Å²) in [5, 5.41) is 12.2. The quantitative estimate of drug-likeness (QED) is 0.712. The van der Waals surface area contributed by atoms with E-state index in [1.807, 2.05) is 35.5 Å². The molecule has 0 fully saturated rings. The number of aryl methyl sites for hydroxylation is 1. The highest BCUT2D eigenvalue weighted by Crippen LogP contribution is 2.18. The summed E-state index contributed by atoms with van der Waals surface area (Å²) in [6.07, 6.45) is 3.73. The number of hydrogen-bond donors (Lipinski definition) is 1. The monoisotopic (exact) mass is 313 g/mol. The molecule has 1 aromatic carbocycles. The molecular formula is C17H20FN5. The van der Waals surface area contributed by atoms with Crippen LogP contribution in [0.1, 0.15) is 17.0 Å². The molecule has 0 unspecified atom stereocenters. The summed E-state index contributed by atoms with van der Waals surface area (Å²) in [5.74, 6) is -0.240. The minimum absolute atomic E-state index is 0.240. The Morgan fingerprint density at radius 3 is 2.65 bits per heavy atom. The SMILES string of the molecule is Cc1nn(-c2ccc(F)cc2)c(C)c1CNCCn1cccn1. The Balaban J connectivity index is 1.67. The molecule has 0 saturated carbocycles. The van der Waals surface area contributed by atoms with Crippen LogP contribution in [0.5, 0.6) is 0 Å². The van der Waals surface area contributed by atoms with Crippen molar-refractivity contribution in [1.29, 1.82) is 0 Å². The maximum absolute atomic E-state index is 13.1. The highest BCUT2D eigenvalue weighted by atomic mass is 19.1. The Morgan fingerprint density at radius 2 is 1.96 bits per heavy atom. The van der Waals surface area contributed by atoms with Crippen LogP contribution in [0.25, 0.3) is 5.69 Å². The van der Waals surface area contributed by atoms with Gasteiger partial charge in [-0.3, -0.25) is 4.68 Å². The Labute approximate surface area is 134 Å². The predicted octanol–water partition coefficient (Wildman–Crippen LogP) is 2.61. The van der Waals surface area contributed by atoms with E-state index in [-0.39, 0.29) is 5.82 Å². The van der Waals surface area contributed by atoms with Crippen LogP contribution in [0, 0.1) is 19.7 Å². The first-order valence-corrected chi connectivity index (χ1v) is 7.64. The van der Waals surface area contributed by atoms with Crippen molar-refractivity contribution in [2.75, 3.05) is 6.54 Å². The van der Waals surface area contributed by atoms with Crippen molar-refractivity contribution in [3.05, 3.63) is 65.5 Å². The molecule has 0 aliphatic rings. The van der Waals surface area contributed by atoms with Gasteiger partial charge in [0, 0.05) is 36.7 Å². The van der Waals surface area contributed by atoms with E-state index in [2.05, 4.69) is 15.5 Å². The van der Waals surface area contributed by atoms with E-state index in [4.69, 9.17) is 0 Å². The highest BCUT2D eigenvalue weighted by molar-refractivity contribution is 5.37. The maximum atomic E-state index is 13.1. The molecule has 0 spiro atoms. The van der Waals surface area contributed by atoms with Gasteiger partial charge in [-0.05, 0) is 44.2 Å². The number of nitrogens with one attached hydrogen (secondary N) is 1. The van der Waals surface area contributed by atoms with Gasteiger partial charge in [-0.25, -0.2) is 9.07 Å². The molecule has 0 aliphatic heterocycles. The van der Waals surface area contributed by atoms with E-state index in [1.54, 1.807) is 18.3 Å². The molecule has 0 radical (unpaired) electrons. The lowest BCUT2D eigenvalue weighted by molar-refractivity contribution is 0.553. The summed E-state index contributed by atoms with van der Waals surface area (Å²) in [4.78, 5) is 0. The van der Waals surface area contributed by atoms with Crippen LogP contribution < -0.4 is 5.32 Å². The van der Waals surface area contributed by atoms with Gasteiger partial charge in [-0.1, -0.05) is 0 Å². The second-order valence-electron chi connectivity index (χ2n) is 5.48. The first-order valence-electron chi connectivity index (χ1n) is 7.64. The van der Waals surface area contributed by atoms with Gasteiger partial charge in [-0.15, -0.1) is 0 Å². The Morgan fingerprint density at radius 1 is 1.17 bits per heavy atom. The first-order chi connectivity index (χ1) is 11.1. The van der Waals surface area contributed by atoms with Gasteiger partial charge >= 0.3 is 0 Å². The first kappa shape index (κ1) is 15.4. The van der Waals surface area contributed by atoms with Gasteiger partial charge < -0.3 is 5.32 Å². The molecule has 0 aliphatic carbocycles. The fourth-order valence-electron chi connectivity index (χ4n) is 2.60. The molecule has 23 heavy (non-hydrogen) atoms. The lowest BCUT2D eigenvalue weighted by atomic mass is 10.2. The van der Waals surface area contributed by atoms with Crippen molar-refractivity contribution >= 4 is 0 Å². The Hall–Kier alpha value is -2.47. The molecule has 0 amide bonds. The van der Waals surface area contributed by atoms with E-state index in [9.17, 15) is 4.39 Å². The van der Waals surface area contributed by atoms with Crippen molar-refractivity contribution in [2.45, 2.75) is 26.9 Å². The zero-order chi connectivity index (χ0) is 16.2. The molecule has 3 rings (SSSR count). The lowest BCUT2D eigenvalue weighted by Crippen LogP contribution is -2.20. The summed E-state index contributed by atoms with van der Waals surface area (Å²) in [6.45, 7) is 6.45. The van der Waals surface area contributed by atoms with Crippen molar-refractivity contribution in [3.8, 4) is 5.69 Å². The second kappa shape index (κ2) is 6.75. The third-order valence-corrected chi connectivity index (χ3v) is 3.89. The molecule has 6 heteroatoms. The topological polar surface area (TPSA) is 47.7 Å². The summed E-state index contributed by atoms with van der Waals surface area (Å²) < 4.78 is 16.8. The molecular weight excluding hydrogens is 293 g/mol. The summed E-state index contributed by atoms with van der Waals surface area (Å²) in [5.41, 5.74) is 4.10. The van der Waals surface area contributed by atoms with E-state index in [0.29, 0.717) is 0 Å². The van der Waals surface area contributed by atoms with Crippen molar-refractivity contribution in [1.82, 2.24) is 24.9 Å². The number of rotatable bonds is 6. The van der Waals surface area contributed by atoms with E-state index in [0.717, 1.165) is 36.7 Å². The third kappa shape index (κ3) is 3.48. The van der Waals surface area contributed by atoms with Gasteiger partial charge in [0.05, 0.1) is 17.9 Å². The molecule has 0 atom stereocenters. The number of hydrogen-bond acceptors (Lipinski definition) is 3. The van der Waals surface area contributed by atoms with Crippen molar-refractivity contribution in [2.24, 2.45) is 0 Å². The van der Waals surface area contributed by atoms with Crippen LogP contribution in [0.3, 0.4) is 0 Å². The molecule has 0 saturated heterocycles. The zero-order valence-electron chi connectivity index (χ0n) is 13.3. The van der Waals surface area contributed by atoms with Crippen LogP contribution in [0.15, 0.2) is 42.7 Å². The predicted molar refractivity (Wildman–Crippen MR) is 86.9 cm³/mol. The van der Waals surface area contributed by atoms with Gasteiger partial charge in [-0.2, -0.15) is 10.2 Å². The number of nitrogens with zero attached hydrogens (tertiary/aromatic N) is 4. The van der Waals surface area contributed by atoms with E-state index in [1.165, 1.54) is 17.7 Å². The van der Waals surface area contributed by atoms with Crippen LogP contribution in [-0.4, -0.2) is 26.1 Å². The molecule has 5 nitrogen and oxygen atoms in total. The van der Waals surface area contributed by atoms with E-state index >= 15 is 0 Å². The summed E-state index contributed by atoms with van der Waals surface area (Å²) in [6, 6.07) is 8.30. The van der Waals surface area contributed by atoms with Gasteiger partial charge in [0.25, 0.3) is 0 Å². The molecule has 120 valence electrons. The average molecular weight is 313 g/mol. The Bertz CT molecular complexity index is 759. The highest BCUT2D eigenvalue weighted by Gasteiger charge is 2.12. The van der Waals surface area contributed by atoms with Crippen molar-refractivity contribution < 1.29 is 4.39 Å². The van der Waals surface area contributed by atoms with Gasteiger partial charge in [0.1, 0.15) is 5.82 Å².